The summed E-state index contributed by atoms with van der Waals surface area (Å²) in [5, 5.41) is 10.9. The largest absolute Gasteiger partial charge is 0.466 e. The molecule has 0 amide bonds. The van der Waals surface area contributed by atoms with Crippen molar-refractivity contribution in [3.05, 3.63) is 34.3 Å². The number of aliphatic hydroxyl groups is 1. The summed E-state index contributed by atoms with van der Waals surface area (Å²) < 4.78 is 4.88. The van der Waals surface area contributed by atoms with Gasteiger partial charge in [-0.2, -0.15) is 0 Å². The number of benzene rings is 1. The van der Waals surface area contributed by atoms with Crippen LogP contribution in [0.5, 0.6) is 0 Å². The zero-order chi connectivity index (χ0) is 15.8. The van der Waals surface area contributed by atoms with Crippen molar-refractivity contribution >= 4 is 17.6 Å². The lowest BCUT2D eigenvalue weighted by Crippen LogP contribution is -2.25. The first-order chi connectivity index (χ1) is 9.93. The first-order valence-corrected chi connectivity index (χ1v) is 7.60. The average molecular weight is 314 g/mol. The molecule has 0 fully saturated rings. The summed E-state index contributed by atoms with van der Waals surface area (Å²) >= 11 is 5.98. The maximum Gasteiger partial charge on any atom is 0.307 e. The number of aliphatic hydroxyl groups excluding tert-OH is 1. The minimum absolute atomic E-state index is 0.182. The van der Waals surface area contributed by atoms with Crippen molar-refractivity contribution in [1.82, 2.24) is 4.90 Å². The molecule has 0 bridgehead atoms. The highest BCUT2D eigenvalue weighted by Gasteiger charge is 2.11. The Morgan fingerprint density at radius 3 is 2.76 bits per heavy atom. The third kappa shape index (κ3) is 6.46. The summed E-state index contributed by atoms with van der Waals surface area (Å²) in [6, 6.07) is 5.56. The molecule has 0 radical (unpaired) electrons. The molecule has 5 heteroatoms. The van der Waals surface area contributed by atoms with Gasteiger partial charge in [-0.1, -0.05) is 23.7 Å². The molecule has 0 aliphatic rings. The lowest BCUT2D eigenvalue weighted by molar-refractivity contribution is -0.143. The van der Waals surface area contributed by atoms with E-state index in [0.717, 1.165) is 11.1 Å². The van der Waals surface area contributed by atoms with E-state index in [1.165, 1.54) is 0 Å². The molecule has 118 valence electrons. The Hall–Kier alpha value is -1.10. The summed E-state index contributed by atoms with van der Waals surface area (Å²) in [4.78, 5) is 13.3. The Labute approximate surface area is 131 Å². The molecule has 21 heavy (non-hydrogen) atoms. The number of rotatable bonds is 8. The van der Waals surface area contributed by atoms with Crippen LogP contribution < -0.4 is 0 Å². The zero-order valence-electron chi connectivity index (χ0n) is 12.9. The molecule has 4 nitrogen and oxygen atoms in total. The topological polar surface area (TPSA) is 49.8 Å². The van der Waals surface area contributed by atoms with E-state index in [4.69, 9.17) is 16.3 Å². The molecule has 0 spiro atoms. The minimum Gasteiger partial charge on any atom is -0.466 e. The van der Waals surface area contributed by atoms with E-state index < -0.39 is 6.10 Å². The highest BCUT2D eigenvalue weighted by Crippen LogP contribution is 2.22. The fraction of sp³-hybridized carbons (Fsp3) is 0.562. The summed E-state index contributed by atoms with van der Waals surface area (Å²) in [7, 11) is 1.93. The van der Waals surface area contributed by atoms with Crippen molar-refractivity contribution in [1.29, 1.82) is 0 Å². The Bertz CT molecular complexity index is 465. The van der Waals surface area contributed by atoms with Gasteiger partial charge in [0.2, 0.25) is 0 Å². The van der Waals surface area contributed by atoms with Crippen molar-refractivity contribution in [2.75, 3.05) is 26.7 Å². The van der Waals surface area contributed by atoms with Crippen LogP contribution in [0.15, 0.2) is 18.2 Å². The van der Waals surface area contributed by atoms with Crippen molar-refractivity contribution in [3.63, 3.8) is 0 Å². The van der Waals surface area contributed by atoms with E-state index >= 15 is 0 Å². The zero-order valence-corrected chi connectivity index (χ0v) is 13.7. The standard InChI is InChI=1S/C16H24ClNO3/c1-4-21-16(20)8-10-18(3)9-7-15(19)13-5-6-14(17)12(2)11-13/h5-6,11,15,19H,4,7-10H2,1-3H3. The number of esters is 1. The Morgan fingerprint density at radius 1 is 1.43 bits per heavy atom. The minimum atomic E-state index is -0.522. The van der Waals surface area contributed by atoms with Crippen LogP contribution >= 0.6 is 11.6 Å². The number of hydrogen-bond acceptors (Lipinski definition) is 4. The number of ether oxygens (including phenoxy) is 1. The monoisotopic (exact) mass is 313 g/mol. The molecule has 1 unspecified atom stereocenters. The molecule has 0 saturated carbocycles. The molecule has 1 rings (SSSR count). The lowest BCUT2D eigenvalue weighted by atomic mass is 10.0. The number of hydrogen-bond donors (Lipinski definition) is 1. The molecule has 0 heterocycles. The van der Waals surface area contributed by atoms with Crippen LogP contribution in [0.2, 0.25) is 5.02 Å². The van der Waals surface area contributed by atoms with Gasteiger partial charge in [0.1, 0.15) is 0 Å². The number of carbonyl (C=O) groups is 1. The van der Waals surface area contributed by atoms with Gasteiger partial charge < -0.3 is 14.7 Å². The van der Waals surface area contributed by atoms with Crippen LogP contribution in [0.25, 0.3) is 0 Å². The van der Waals surface area contributed by atoms with Crippen LogP contribution in [0.3, 0.4) is 0 Å². The Balaban J connectivity index is 2.36. The number of nitrogens with zero attached hydrogens (tertiary/aromatic N) is 1. The first kappa shape index (κ1) is 18.0. The SMILES string of the molecule is CCOC(=O)CCN(C)CCC(O)c1ccc(Cl)c(C)c1. The van der Waals surface area contributed by atoms with Gasteiger partial charge in [-0.25, -0.2) is 0 Å². The number of aryl methyl sites for hydroxylation is 1. The van der Waals surface area contributed by atoms with E-state index in [1.807, 2.05) is 31.0 Å². The van der Waals surface area contributed by atoms with Crippen LogP contribution in [-0.2, 0) is 9.53 Å². The molecular weight excluding hydrogens is 290 g/mol. The Morgan fingerprint density at radius 2 is 2.14 bits per heavy atom. The van der Waals surface area contributed by atoms with Crippen LogP contribution in [0.1, 0.15) is 37.0 Å². The first-order valence-electron chi connectivity index (χ1n) is 7.22. The van der Waals surface area contributed by atoms with Gasteiger partial charge in [0.05, 0.1) is 19.1 Å². The third-order valence-corrected chi connectivity index (χ3v) is 3.78. The van der Waals surface area contributed by atoms with E-state index in [-0.39, 0.29) is 5.97 Å². The summed E-state index contributed by atoms with van der Waals surface area (Å²) in [5.74, 6) is -0.182. The normalized spacial score (nSPS) is 12.5. The quantitative estimate of drug-likeness (QED) is 0.750. The fourth-order valence-corrected chi connectivity index (χ4v) is 2.13. The van der Waals surface area contributed by atoms with Gasteiger partial charge in [0.15, 0.2) is 0 Å². The Kier molecular flexibility index (Phi) is 7.72. The van der Waals surface area contributed by atoms with Gasteiger partial charge in [-0.05, 0) is 44.5 Å². The van der Waals surface area contributed by atoms with Crippen LogP contribution in [-0.4, -0.2) is 42.7 Å². The predicted molar refractivity (Wildman–Crippen MR) is 84.5 cm³/mol. The molecule has 1 aromatic carbocycles. The molecular formula is C16H24ClNO3. The smallest absolute Gasteiger partial charge is 0.307 e. The summed E-state index contributed by atoms with van der Waals surface area (Å²) in [6.45, 7) is 5.47. The molecule has 0 saturated heterocycles. The highest BCUT2D eigenvalue weighted by atomic mass is 35.5. The van der Waals surface area contributed by atoms with E-state index in [1.54, 1.807) is 13.0 Å². The third-order valence-electron chi connectivity index (χ3n) is 3.35. The average Bonchev–Trinajstić information content (AvgIpc) is 2.45. The van der Waals surface area contributed by atoms with Crippen molar-refractivity contribution in [3.8, 4) is 0 Å². The van der Waals surface area contributed by atoms with Crippen LogP contribution in [0.4, 0.5) is 0 Å². The number of carbonyl (C=O) groups excluding carboxylic acids is 1. The van der Waals surface area contributed by atoms with Gasteiger partial charge >= 0.3 is 5.97 Å². The second-order valence-electron chi connectivity index (χ2n) is 5.17. The van der Waals surface area contributed by atoms with Gasteiger partial charge in [0.25, 0.3) is 0 Å². The maximum atomic E-state index is 11.3. The molecule has 1 aromatic rings. The van der Waals surface area contributed by atoms with Crippen molar-refractivity contribution in [2.45, 2.75) is 32.8 Å². The second-order valence-corrected chi connectivity index (χ2v) is 5.58. The van der Waals surface area contributed by atoms with Crippen LogP contribution in [0, 0.1) is 6.92 Å². The molecule has 1 atom stereocenters. The molecule has 1 N–H and O–H groups in total. The second kappa shape index (κ2) is 9.03. The van der Waals surface area contributed by atoms with Crippen molar-refractivity contribution in [2.24, 2.45) is 0 Å². The molecule has 0 aliphatic carbocycles. The highest BCUT2D eigenvalue weighted by molar-refractivity contribution is 6.31. The van der Waals surface area contributed by atoms with E-state index in [2.05, 4.69) is 0 Å². The predicted octanol–water partition coefficient (Wildman–Crippen LogP) is 2.96. The number of halogens is 1. The van der Waals surface area contributed by atoms with Gasteiger partial charge in [-0.15, -0.1) is 0 Å². The maximum absolute atomic E-state index is 11.3. The lowest BCUT2D eigenvalue weighted by Gasteiger charge is -2.19. The van der Waals surface area contributed by atoms with E-state index in [0.29, 0.717) is 37.6 Å². The van der Waals surface area contributed by atoms with E-state index in [9.17, 15) is 9.90 Å². The molecule has 0 aromatic heterocycles. The summed E-state index contributed by atoms with van der Waals surface area (Å²) in [5.41, 5.74) is 1.83. The van der Waals surface area contributed by atoms with Gasteiger partial charge in [0, 0.05) is 18.1 Å². The van der Waals surface area contributed by atoms with Crippen molar-refractivity contribution < 1.29 is 14.6 Å². The molecule has 0 aliphatic heterocycles. The summed E-state index contributed by atoms with van der Waals surface area (Å²) in [6.07, 6.45) is 0.465. The van der Waals surface area contributed by atoms with Gasteiger partial charge in [-0.3, -0.25) is 4.79 Å². The fourth-order valence-electron chi connectivity index (χ4n) is 2.01.